The Balaban J connectivity index is 2.74. The molecule has 0 heterocycles. The number of rotatable bonds is 5. The number of hydrogen-bond donors (Lipinski definition) is 1. The summed E-state index contributed by atoms with van der Waals surface area (Å²) in [5.74, 6) is -1.72. The van der Waals surface area contributed by atoms with Crippen LogP contribution in [0.2, 0.25) is 0 Å². The Bertz CT molecular complexity index is 484. The van der Waals surface area contributed by atoms with E-state index in [9.17, 15) is 14.4 Å². The molecule has 0 aliphatic rings. The molecule has 1 aromatic rings. The number of ether oxygens (including phenoxy) is 2. The van der Waals surface area contributed by atoms with Gasteiger partial charge in [-0.3, -0.25) is 9.59 Å². The minimum atomic E-state index is -0.615. The largest absolute Gasteiger partial charge is 0.466 e. The number of para-hydroxylation sites is 1. The van der Waals surface area contributed by atoms with Crippen LogP contribution in [0, 0.1) is 0 Å². The standard InChI is InChI=1S/C13H15NO5/c1-3-19-12(16)8-11(15)14-10-7-5-4-6-9(10)13(17)18-2/h4-7H,3,8H2,1-2H3,(H,14,15). The lowest BCUT2D eigenvalue weighted by molar-refractivity contribution is -0.145. The van der Waals surface area contributed by atoms with Gasteiger partial charge in [0, 0.05) is 0 Å². The van der Waals surface area contributed by atoms with E-state index < -0.39 is 24.3 Å². The van der Waals surface area contributed by atoms with Gasteiger partial charge in [-0.25, -0.2) is 4.79 Å². The van der Waals surface area contributed by atoms with Gasteiger partial charge >= 0.3 is 11.9 Å². The lowest BCUT2D eigenvalue weighted by Gasteiger charge is -2.09. The Morgan fingerprint density at radius 2 is 1.89 bits per heavy atom. The number of nitrogens with one attached hydrogen (secondary N) is 1. The molecule has 1 aromatic carbocycles. The predicted molar refractivity (Wildman–Crippen MR) is 67.7 cm³/mol. The molecule has 6 nitrogen and oxygen atoms in total. The molecule has 19 heavy (non-hydrogen) atoms. The smallest absolute Gasteiger partial charge is 0.339 e. The average Bonchev–Trinajstić information content (AvgIpc) is 2.38. The van der Waals surface area contributed by atoms with E-state index in [1.165, 1.54) is 13.2 Å². The SMILES string of the molecule is CCOC(=O)CC(=O)Nc1ccccc1C(=O)OC. The van der Waals surface area contributed by atoms with Crippen LogP contribution in [0.5, 0.6) is 0 Å². The quantitative estimate of drug-likeness (QED) is 0.642. The molecule has 0 fully saturated rings. The second-order valence-corrected chi connectivity index (χ2v) is 3.57. The molecule has 0 aliphatic carbocycles. The highest BCUT2D eigenvalue weighted by Gasteiger charge is 2.15. The van der Waals surface area contributed by atoms with Crippen molar-refractivity contribution in [2.24, 2.45) is 0 Å². The normalized spacial score (nSPS) is 9.58. The van der Waals surface area contributed by atoms with E-state index in [0.29, 0.717) is 5.69 Å². The van der Waals surface area contributed by atoms with Crippen LogP contribution in [0.15, 0.2) is 24.3 Å². The molecule has 6 heteroatoms. The Kier molecular flexibility index (Phi) is 5.53. The van der Waals surface area contributed by atoms with Crippen LogP contribution in [-0.4, -0.2) is 31.6 Å². The molecule has 0 unspecified atom stereocenters. The van der Waals surface area contributed by atoms with Crippen molar-refractivity contribution in [3.8, 4) is 0 Å². The Labute approximate surface area is 110 Å². The van der Waals surface area contributed by atoms with Crippen LogP contribution in [0.1, 0.15) is 23.7 Å². The van der Waals surface area contributed by atoms with E-state index in [2.05, 4.69) is 14.8 Å². The zero-order chi connectivity index (χ0) is 14.3. The fraction of sp³-hybridized carbons (Fsp3) is 0.308. The summed E-state index contributed by atoms with van der Waals surface area (Å²) in [5, 5.41) is 2.47. The highest BCUT2D eigenvalue weighted by atomic mass is 16.5. The van der Waals surface area contributed by atoms with Gasteiger partial charge in [0.15, 0.2) is 0 Å². The molecule has 0 saturated heterocycles. The second kappa shape index (κ2) is 7.15. The van der Waals surface area contributed by atoms with Crippen molar-refractivity contribution in [3.63, 3.8) is 0 Å². The molecule has 1 rings (SSSR count). The maximum Gasteiger partial charge on any atom is 0.339 e. The van der Waals surface area contributed by atoms with Gasteiger partial charge < -0.3 is 14.8 Å². The zero-order valence-electron chi connectivity index (χ0n) is 10.8. The second-order valence-electron chi connectivity index (χ2n) is 3.57. The first kappa shape index (κ1) is 14.7. The maximum absolute atomic E-state index is 11.6. The van der Waals surface area contributed by atoms with Gasteiger partial charge in [0.1, 0.15) is 6.42 Å². The van der Waals surface area contributed by atoms with Gasteiger partial charge in [0.05, 0.1) is 25.0 Å². The zero-order valence-corrected chi connectivity index (χ0v) is 10.8. The summed E-state index contributed by atoms with van der Waals surface area (Å²) in [6.45, 7) is 1.87. The molecule has 1 N–H and O–H groups in total. The number of benzene rings is 1. The first-order valence-electron chi connectivity index (χ1n) is 5.71. The molecule has 0 aromatic heterocycles. The van der Waals surface area contributed by atoms with Crippen LogP contribution < -0.4 is 5.32 Å². The summed E-state index contributed by atoms with van der Waals surface area (Å²) in [6.07, 6.45) is -0.399. The maximum atomic E-state index is 11.6. The number of hydrogen-bond acceptors (Lipinski definition) is 5. The van der Waals surface area contributed by atoms with Crippen LogP contribution in [0.4, 0.5) is 5.69 Å². The fourth-order valence-electron chi connectivity index (χ4n) is 1.42. The lowest BCUT2D eigenvalue weighted by Crippen LogP contribution is -2.19. The van der Waals surface area contributed by atoms with E-state index in [4.69, 9.17) is 0 Å². The molecule has 0 spiro atoms. The van der Waals surface area contributed by atoms with Crippen LogP contribution >= 0.6 is 0 Å². The molecule has 0 saturated carbocycles. The van der Waals surface area contributed by atoms with E-state index in [1.807, 2.05) is 0 Å². The third-order valence-electron chi connectivity index (χ3n) is 2.22. The first-order chi connectivity index (χ1) is 9.08. The Morgan fingerprint density at radius 1 is 1.21 bits per heavy atom. The summed E-state index contributed by atoms with van der Waals surface area (Å²) in [4.78, 5) is 34.2. The molecule has 0 atom stereocenters. The summed E-state index contributed by atoms with van der Waals surface area (Å²) in [7, 11) is 1.25. The molecule has 0 bridgehead atoms. The topological polar surface area (TPSA) is 81.7 Å². The number of amides is 1. The third-order valence-corrected chi connectivity index (χ3v) is 2.22. The van der Waals surface area contributed by atoms with Gasteiger partial charge in [-0.1, -0.05) is 12.1 Å². The van der Waals surface area contributed by atoms with Gasteiger partial charge in [0.2, 0.25) is 5.91 Å². The minimum absolute atomic E-state index is 0.213. The van der Waals surface area contributed by atoms with E-state index in [-0.39, 0.29) is 12.2 Å². The molecular weight excluding hydrogens is 250 g/mol. The summed E-state index contributed by atoms with van der Waals surface area (Å²) < 4.78 is 9.25. The fourth-order valence-corrected chi connectivity index (χ4v) is 1.42. The van der Waals surface area contributed by atoms with Crippen molar-refractivity contribution in [1.29, 1.82) is 0 Å². The number of methoxy groups -OCH3 is 1. The first-order valence-corrected chi connectivity index (χ1v) is 5.71. The lowest BCUT2D eigenvalue weighted by atomic mass is 10.1. The number of carbonyl (C=O) groups excluding carboxylic acids is 3. The molecule has 102 valence electrons. The Hall–Kier alpha value is -2.37. The van der Waals surface area contributed by atoms with Gasteiger partial charge in [-0.05, 0) is 19.1 Å². The van der Waals surface area contributed by atoms with Crippen LogP contribution in [0.25, 0.3) is 0 Å². The summed E-state index contributed by atoms with van der Waals surface area (Å²) in [6, 6.07) is 6.38. The van der Waals surface area contributed by atoms with Crippen LogP contribution in [-0.2, 0) is 19.1 Å². The van der Waals surface area contributed by atoms with Crippen molar-refractivity contribution >= 4 is 23.5 Å². The minimum Gasteiger partial charge on any atom is -0.466 e. The van der Waals surface area contributed by atoms with Gasteiger partial charge in [0.25, 0.3) is 0 Å². The highest BCUT2D eigenvalue weighted by Crippen LogP contribution is 2.16. The van der Waals surface area contributed by atoms with Gasteiger partial charge in [-0.2, -0.15) is 0 Å². The number of esters is 2. The highest BCUT2D eigenvalue weighted by molar-refractivity contribution is 6.05. The Morgan fingerprint density at radius 3 is 2.53 bits per heavy atom. The van der Waals surface area contributed by atoms with Crippen molar-refractivity contribution in [3.05, 3.63) is 29.8 Å². The van der Waals surface area contributed by atoms with Crippen molar-refractivity contribution < 1.29 is 23.9 Å². The van der Waals surface area contributed by atoms with E-state index in [1.54, 1.807) is 25.1 Å². The number of carbonyl (C=O) groups is 3. The average molecular weight is 265 g/mol. The molecule has 0 aliphatic heterocycles. The van der Waals surface area contributed by atoms with E-state index in [0.717, 1.165) is 0 Å². The molecule has 1 amide bonds. The van der Waals surface area contributed by atoms with Gasteiger partial charge in [-0.15, -0.1) is 0 Å². The predicted octanol–water partition coefficient (Wildman–Crippen LogP) is 1.36. The third kappa shape index (κ3) is 4.42. The van der Waals surface area contributed by atoms with Crippen molar-refractivity contribution in [2.75, 3.05) is 19.0 Å². The molecule has 0 radical (unpaired) electrons. The summed E-state index contributed by atoms with van der Waals surface area (Å²) in [5.41, 5.74) is 0.519. The van der Waals surface area contributed by atoms with E-state index >= 15 is 0 Å². The molecular formula is C13H15NO5. The van der Waals surface area contributed by atoms with Crippen LogP contribution in [0.3, 0.4) is 0 Å². The number of anilines is 1. The van der Waals surface area contributed by atoms with Crippen molar-refractivity contribution in [2.45, 2.75) is 13.3 Å². The monoisotopic (exact) mass is 265 g/mol. The summed E-state index contributed by atoms with van der Waals surface area (Å²) >= 11 is 0. The van der Waals surface area contributed by atoms with Crippen molar-refractivity contribution in [1.82, 2.24) is 0 Å².